The van der Waals surface area contributed by atoms with Crippen molar-refractivity contribution >= 4 is 22.6 Å². The summed E-state index contributed by atoms with van der Waals surface area (Å²) < 4.78 is 2.04. The van der Waals surface area contributed by atoms with Crippen molar-refractivity contribution in [2.24, 2.45) is 0 Å². The molecule has 0 amide bonds. The van der Waals surface area contributed by atoms with Gasteiger partial charge in [-0.25, -0.2) is 4.98 Å². The molecule has 0 aliphatic carbocycles. The molecule has 3 rings (SSSR count). The van der Waals surface area contributed by atoms with Gasteiger partial charge in [0.15, 0.2) is 0 Å². The number of rotatable bonds is 2. The lowest BCUT2D eigenvalue weighted by atomic mass is 10.1. The van der Waals surface area contributed by atoms with Crippen molar-refractivity contribution in [2.45, 2.75) is 6.54 Å². The van der Waals surface area contributed by atoms with Crippen molar-refractivity contribution < 1.29 is 0 Å². The highest BCUT2D eigenvalue weighted by atomic mass is 35.5. The first-order valence-electron chi connectivity index (χ1n) is 5.86. The summed E-state index contributed by atoms with van der Waals surface area (Å²) in [6, 6.07) is 15.4. The van der Waals surface area contributed by atoms with Crippen molar-refractivity contribution in [3.05, 3.63) is 64.9 Å². The smallest absolute Gasteiger partial charge is 0.0992 e. The lowest BCUT2D eigenvalue weighted by Gasteiger charge is -2.07. The molecule has 0 unspecified atom stereocenters. The highest BCUT2D eigenvalue weighted by Crippen LogP contribution is 2.21. The van der Waals surface area contributed by atoms with Crippen LogP contribution in [-0.2, 0) is 6.54 Å². The minimum atomic E-state index is 0.573. The van der Waals surface area contributed by atoms with E-state index >= 15 is 0 Å². The average molecular weight is 268 g/mol. The van der Waals surface area contributed by atoms with Gasteiger partial charge in [-0.1, -0.05) is 29.8 Å². The summed E-state index contributed by atoms with van der Waals surface area (Å²) in [5.41, 5.74) is 3.59. The van der Waals surface area contributed by atoms with Gasteiger partial charge in [-0.2, -0.15) is 5.26 Å². The van der Waals surface area contributed by atoms with Gasteiger partial charge >= 0.3 is 0 Å². The first kappa shape index (κ1) is 11.8. The topological polar surface area (TPSA) is 41.6 Å². The van der Waals surface area contributed by atoms with Crippen LogP contribution in [0.2, 0.25) is 5.02 Å². The van der Waals surface area contributed by atoms with Gasteiger partial charge in [-0.15, -0.1) is 0 Å². The Bertz CT molecular complexity index is 783. The number of imidazole rings is 1. The van der Waals surface area contributed by atoms with E-state index in [-0.39, 0.29) is 0 Å². The molecule has 0 fully saturated rings. The number of aromatic nitrogens is 2. The van der Waals surface area contributed by atoms with E-state index in [1.165, 1.54) is 0 Å². The lowest BCUT2D eigenvalue weighted by Crippen LogP contribution is -1.98. The van der Waals surface area contributed by atoms with E-state index in [1.54, 1.807) is 18.5 Å². The second kappa shape index (κ2) is 4.75. The monoisotopic (exact) mass is 267 g/mol. The van der Waals surface area contributed by atoms with Crippen LogP contribution in [0.3, 0.4) is 0 Å². The predicted molar refractivity (Wildman–Crippen MR) is 75.0 cm³/mol. The average Bonchev–Trinajstić information content (AvgIpc) is 2.84. The summed E-state index contributed by atoms with van der Waals surface area (Å²) in [4.78, 5) is 4.35. The normalized spacial score (nSPS) is 10.5. The molecule has 19 heavy (non-hydrogen) atoms. The molecule has 0 saturated heterocycles. The van der Waals surface area contributed by atoms with Crippen LogP contribution in [0.15, 0.2) is 48.8 Å². The van der Waals surface area contributed by atoms with Gasteiger partial charge in [0.25, 0.3) is 0 Å². The molecule has 0 atom stereocenters. The summed E-state index contributed by atoms with van der Waals surface area (Å²) in [5.74, 6) is 0. The summed E-state index contributed by atoms with van der Waals surface area (Å²) >= 11 is 6.19. The first-order valence-corrected chi connectivity index (χ1v) is 6.24. The third kappa shape index (κ3) is 2.18. The fourth-order valence-electron chi connectivity index (χ4n) is 2.06. The molecular weight excluding hydrogens is 258 g/mol. The van der Waals surface area contributed by atoms with E-state index in [0.717, 1.165) is 16.6 Å². The van der Waals surface area contributed by atoms with Gasteiger partial charge in [0.1, 0.15) is 0 Å². The van der Waals surface area contributed by atoms with E-state index in [9.17, 15) is 0 Å². The molecule has 0 saturated carbocycles. The van der Waals surface area contributed by atoms with Crippen molar-refractivity contribution in [1.29, 1.82) is 5.26 Å². The van der Waals surface area contributed by atoms with Gasteiger partial charge < -0.3 is 4.57 Å². The van der Waals surface area contributed by atoms with Gasteiger partial charge in [0.2, 0.25) is 0 Å². The third-order valence-corrected chi connectivity index (χ3v) is 3.40. The molecule has 1 aromatic heterocycles. The van der Waals surface area contributed by atoms with E-state index in [2.05, 4.69) is 11.1 Å². The van der Waals surface area contributed by atoms with Crippen molar-refractivity contribution in [3.63, 3.8) is 0 Å². The summed E-state index contributed by atoms with van der Waals surface area (Å²) in [6.45, 7) is 0.644. The summed E-state index contributed by atoms with van der Waals surface area (Å²) in [5, 5.41) is 9.44. The Morgan fingerprint density at radius 3 is 2.84 bits per heavy atom. The Kier molecular flexibility index (Phi) is 2.94. The van der Waals surface area contributed by atoms with Gasteiger partial charge in [-0.3, -0.25) is 0 Å². The molecular formula is C15H10ClN3. The predicted octanol–water partition coefficient (Wildman–Crippen LogP) is 3.61. The van der Waals surface area contributed by atoms with Crippen LogP contribution in [0.1, 0.15) is 11.1 Å². The first-order chi connectivity index (χ1) is 9.28. The number of nitriles is 1. The maximum absolute atomic E-state index is 8.83. The largest absolute Gasteiger partial charge is 0.326 e. The number of fused-ring (bicyclic) bond motifs is 1. The summed E-state index contributed by atoms with van der Waals surface area (Å²) in [6.07, 6.45) is 1.80. The Balaban J connectivity index is 2.00. The zero-order valence-corrected chi connectivity index (χ0v) is 10.8. The number of hydrogen-bond donors (Lipinski definition) is 0. The van der Waals surface area contributed by atoms with Crippen LogP contribution in [0.4, 0.5) is 0 Å². The van der Waals surface area contributed by atoms with Crippen LogP contribution in [0, 0.1) is 11.3 Å². The fraction of sp³-hybridized carbons (Fsp3) is 0.0667. The standard InChI is InChI=1S/C15H10ClN3/c16-13-7-11(8-17)5-6-12(13)9-19-10-18-14-3-1-2-4-15(14)19/h1-7,10H,9H2. The number of halogens is 1. The van der Waals surface area contributed by atoms with Gasteiger partial charge in [0.05, 0.1) is 35.5 Å². The molecule has 3 nitrogen and oxygen atoms in total. The highest BCUT2D eigenvalue weighted by molar-refractivity contribution is 6.31. The second-order valence-corrected chi connectivity index (χ2v) is 4.69. The molecule has 2 aromatic carbocycles. The maximum Gasteiger partial charge on any atom is 0.0992 e. The molecule has 0 bridgehead atoms. The van der Waals surface area contributed by atoms with Crippen LogP contribution in [-0.4, -0.2) is 9.55 Å². The minimum Gasteiger partial charge on any atom is -0.326 e. The Labute approximate surface area is 115 Å². The van der Waals surface area contributed by atoms with Crippen molar-refractivity contribution in [3.8, 4) is 6.07 Å². The van der Waals surface area contributed by atoms with E-state index in [0.29, 0.717) is 17.1 Å². The van der Waals surface area contributed by atoms with Crippen molar-refractivity contribution in [2.75, 3.05) is 0 Å². The lowest BCUT2D eigenvalue weighted by molar-refractivity contribution is 0.824. The van der Waals surface area contributed by atoms with E-state index < -0.39 is 0 Å². The van der Waals surface area contributed by atoms with E-state index in [1.807, 2.05) is 34.9 Å². The molecule has 0 aliphatic heterocycles. The molecule has 1 heterocycles. The second-order valence-electron chi connectivity index (χ2n) is 4.28. The molecule has 0 N–H and O–H groups in total. The molecule has 92 valence electrons. The quantitative estimate of drug-likeness (QED) is 0.712. The molecule has 3 aromatic rings. The number of benzene rings is 2. The SMILES string of the molecule is N#Cc1ccc(Cn2cnc3ccccc32)c(Cl)c1. The van der Waals surface area contributed by atoms with Crippen LogP contribution < -0.4 is 0 Å². The van der Waals surface area contributed by atoms with Crippen molar-refractivity contribution in [1.82, 2.24) is 9.55 Å². The molecule has 0 spiro atoms. The molecule has 4 heteroatoms. The zero-order chi connectivity index (χ0) is 13.2. The van der Waals surface area contributed by atoms with E-state index in [4.69, 9.17) is 16.9 Å². The van der Waals surface area contributed by atoms with Crippen LogP contribution in [0.5, 0.6) is 0 Å². The number of hydrogen-bond acceptors (Lipinski definition) is 2. The van der Waals surface area contributed by atoms with Crippen LogP contribution in [0.25, 0.3) is 11.0 Å². The maximum atomic E-state index is 8.83. The van der Waals surface area contributed by atoms with Gasteiger partial charge in [-0.05, 0) is 29.8 Å². The Hall–Kier alpha value is -2.31. The van der Waals surface area contributed by atoms with Crippen LogP contribution >= 0.6 is 11.6 Å². The van der Waals surface area contributed by atoms with Gasteiger partial charge in [0, 0.05) is 5.02 Å². The Morgan fingerprint density at radius 2 is 2.05 bits per heavy atom. The fourth-order valence-corrected chi connectivity index (χ4v) is 2.31. The number of para-hydroxylation sites is 2. The molecule has 0 radical (unpaired) electrons. The Morgan fingerprint density at radius 1 is 1.21 bits per heavy atom. The molecule has 0 aliphatic rings. The summed E-state index contributed by atoms with van der Waals surface area (Å²) in [7, 11) is 0. The number of nitrogens with zero attached hydrogens (tertiary/aromatic N) is 3. The zero-order valence-electron chi connectivity index (χ0n) is 10.0. The minimum absolute atomic E-state index is 0.573. The third-order valence-electron chi connectivity index (χ3n) is 3.05. The highest BCUT2D eigenvalue weighted by Gasteiger charge is 2.06.